The summed E-state index contributed by atoms with van der Waals surface area (Å²) >= 11 is 0. The van der Waals surface area contributed by atoms with E-state index in [1.807, 2.05) is 13.0 Å². The number of anilines is 1. The van der Waals surface area contributed by atoms with Crippen molar-refractivity contribution in [1.82, 2.24) is 9.97 Å². The second-order valence-electron chi connectivity index (χ2n) is 5.61. The van der Waals surface area contributed by atoms with E-state index in [0.29, 0.717) is 29.9 Å². The molecule has 0 bridgehead atoms. The van der Waals surface area contributed by atoms with Crippen LogP contribution in [0.2, 0.25) is 0 Å². The first kappa shape index (κ1) is 15.4. The average Bonchev–Trinajstić information content (AvgIpc) is 2.26. The van der Waals surface area contributed by atoms with Crippen LogP contribution in [0, 0.1) is 12.8 Å². The molecule has 0 radical (unpaired) electrons. The van der Waals surface area contributed by atoms with E-state index < -0.39 is 6.04 Å². The molecule has 1 heterocycles. The maximum Gasteiger partial charge on any atom is 0.239 e. The van der Waals surface area contributed by atoms with Crippen LogP contribution in [0.1, 0.15) is 51.6 Å². The molecule has 1 aromatic heterocycles. The van der Waals surface area contributed by atoms with Gasteiger partial charge in [-0.05, 0) is 25.2 Å². The van der Waals surface area contributed by atoms with Gasteiger partial charge in [-0.2, -0.15) is 0 Å². The van der Waals surface area contributed by atoms with Gasteiger partial charge >= 0.3 is 0 Å². The Morgan fingerprint density at radius 1 is 1.32 bits per heavy atom. The molecule has 0 saturated carbocycles. The van der Waals surface area contributed by atoms with Crippen molar-refractivity contribution < 1.29 is 4.79 Å². The van der Waals surface area contributed by atoms with Gasteiger partial charge in [-0.15, -0.1) is 0 Å². The molecule has 1 atom stereocenters. The van der Waals surface area contributed by atoms with Gasteiger partial charge in [-0.25, -0.2) is 9.97 Å². The Morgan fingerprint density at radius 3 is 2.42 bits per heavy atom. The lowest BCUT2D eigenvalue weighted by atomic mass is 10.0. The Labute approximate surface area is 115 Å². The van der Waals surface area contributed by atoms with E-state index >= 15 is 0 Å². The Hall–Kier alpha value is -1.65. The first-order valence-electron chi connectivity index (χ1n) is 6.71. The Morgan fingerprint density at radius 2 is 1.95 bits per heavy atom. The van der Waals surface area contributed by atoms with Gasteiger partial charge in [0.25, 0.3) is 0 Å². The van der Waals surface area contributed by atoms with Crippen LogP contribution in [0.4, 0.5) is 5.82 Å². The monoisotopic (exact) mass is 264 g/mol. The first-order valence-corrected chi connectivity index (χ1v) is 6.71. The zero-order chi connectivity index (χ0) is 14.6. The van der Waals surface area contributed by atoms with E-state index in [1.165, 1.54) is 0 Å². The van der Waals surface area contributed by atoms with Crippen LogP contribution in [0.25, 0.3) is 0 Å². The molecule has 0 aromatic carbocycles. The SMILES string of the molecule is Cc1nc(N[C@@H](CC(C)C)C(N)=O)cc(C(C)C)n1. The Balaban J connectivity index is 2.92. The summed E-state index contributed by atoms with van der Waals surface area (Å²) in [5.74, 6) is 1.72. The summed E-state index contributed by atoms with van der Waals surface area (Å²) in [5, 5.41) is 3.12. The summed E-state index contributed by atoms with van der Waals surface area (Å²) in [7, 11) is 0. The molecule has 0 aliphatic heterocycles. The van der Waals surface area contributed by atoms with Gasteiger partial charge in [0.05, 0.1) is 0 Å². The fourth-order valence-corrected chi connectivity index (χ4v) is 1.86. The molecule has 5 nitrogen and oxygen atoms in total. The predicted molar refractivity (Wildman–Crippen MR) is 76.9 cm³/mol. The van der Waals surface area contributed by atoms with Crippen LogP contribution in [-0.2, 0) is 4.79 Å². The number of nitrogens with zero attached hydrogens (tertiary/aromatic N) is 2. The molecule has 0 aliphatic rings. The molecule has 1 rings (SSSR count). The number of nitrogens with two attached hydrogens (primary N) is 1. The van der Waals surface area contributed by atoms with E-state index in [9.17, 15) is 4.79 Å². The van der Waals surface area contributed by atoms with Crippen molar-refractivity contribution in [3.8, 4) is 0 Å². The van der Waals surface area contributed by atoms with Gasteiger partial charge in [-0.1, -0.05) is 27.7 Å². The maximum absolute atomic E-state index is 11.5. The summed E-state index contributed by atoms with van der Waals surface area (Å²) in [4.78, 5) is 20.2. The molecule has 3 N–H and O–H groups in total. The molecule has 106 valence electrons. The van der Waals surface area contributed by atoms with Crippen molar-refractivity contribution in [2.24, 2.45) is 11.7 Å². The van der Waals surface area contributed by atoms with Crippen LogP contribution >= 0.6 is 0 Å². The third kappa shape index (κ3) is 4.85. The van der Waals surface area contributed by atoms with Crippen molar-refractivity contribution >= 4 is 11.7 Å². The highest BCUT2D eigenvalue weighted by molar-refractivity contribution is 5.82. The molecule has 5 heteroatoms. The van der Waals surface area contributed by atoms with Crippen molar-refractivity contribution in [2.75, 3.05) is 5.32 Å². The van der Waals surface area contributed by atoms with Crippen LogP contribution in [-0.4, -0.2) is 21.9 Å². The van der Waals surface area contributed by atoms with E-state index in [2.05, 4.69) is 43.0 Å². The molecule has 0 saturated heterocycles. The van der Waals surface area contributed by atoms with Crippen molar-refractivity contribution in [3.63, 3.8) is 0 Å². The molecular formula is C14H24N4O. The number of rotatable bonds is 6. The van der Waals surface area contributed by atoms with Gasteiger partial charge in [0.1, 0.15) is 17.7 Å². The number of primary amides is 1. The zero-order valence-electron chi connectivity index (χ0n) is 12.4. The number of hydrogen-bond donors (Lipinski definition) is 2. The van der Waals surface area contributed by atoms with E-state index in [4.69, 9.17) is 5.73 Å². The summed E-state index contributed by atoms with van der Waals surface area (Å²) in [5.41, 5.74) is 6.38. The molecule has 0 aliphatic carbocycles. The second-order valence-corrected chi connectivity index (χ2v) is 5.61. The van der Waals surface area contributed by atoms with Crippen LogP contribution in [0.5, 0.6) is 0 Å². The molecule has 0 unspecified atom stereocenters. The van der Waals surface area contributed by atoms with E-state index in [-0.39, 0.29) is 5.91 Å². The van der Waals surface area contributed by atoms with Gasteiger partial charge in [0.15, 0.2) is 0 Å². The number of amides is 1. The third-order valence-corrected chi connectivity index (χ3v) is 2.82. The summed E-state index contributed by atoms with van der Waals surface area (Å²) in [6.07, 6.45) is 0.690. The largest absolute Gasteiger partial charge is 0.368 e. The first-order chi connectivity index (χ1) is 8.79. The van der Waals surface area contributed by atoms with E-state index in [0.717, 1.165) is 5.69 Å². The summed E-state index contributed by atoms with van der Waals surface area (Å²) in [6.45, 7) is 10.1. The lowest BCUT2D eigenvalue weighted by Gasteiger charge is -2.19. The number of aryl methyl sites for hydroxylation is 1. The van der Waals surface area contributed by atoms with Crippen molar-refractivity contribution in [2.45, 2.75) is 53.0 Å². The lowest BCUT2D eigenvalue weighted by molar-refractivity contribution is -0.119. The van der Waals surface area contributed by atoms with Gasteiger partial charge in [0, 0.05) is 11.8 Å². The molecule has 1 aromatic rings. The minimum atomic E-state index is -0.394. The van der Waals surface area contributed by atoms with E-state index in [1.54, 1.807) is 0 Å². The third-order valence-electron chi connectivity index (χ3n) is 2.82. The Kier molecular flexibility index (Phi) is 5.27. The number of carbonyl (C=O) groups excluding carboxylic acids is 1. The highest BCUT2D eigenvalue weighted by Gasteiger charge is 2.18. The molecule has 19 heavy (non-hydrogen) atoms. The van der Waals surface area contributed by atoms with Crippen LogP contribution in [0.3, 0.4) is 0 Å². The van der Waals surface area contributed by atoms with Gasteiger partial charge in [0.2, 0.25) is 5.91 Å². The quantitative estimate of drug-likeness (QED) is 0.825. The second kappa shape index (κ2) is 6.50. The van der Waals surface area contributed by atoms with Crippen molar-refractivity contribution in [1.29, 1.82) is 0 Å². The number of hydrogen-bond acceptors (Lipinski definition) is 4. The lowest BCUT2D eigenvalue weighted by Crippen LogP contribution is -2.36. The minimum Gasteiger partial charge on any atom is -0.368 e. The molecular weight excluding hydrogens is 240 g/mol. The molecule has 1 amide bonds. The van der Waals surface area contributed by atoms with Gasteiger partial charge < -0.3 is 11.1 Å². The highest BCUT2D eigenvalue weighted by atomic mass is 16.1. The fourth-order valence-electron chi connectivity index (χ4n) is 1.86. The predicted octanol–water partition coefficient (Wildman–Crippen LogP) is 2.22. The summed E-state index contributed by atoms with van der Waals surface area (Å²) < 4.78 is 0. The standard InChI is InChI=1S/C14H24N4O/c1-8(2)6-12(14(15)19)18-13-7-11(9(3)4)16-10(5)17-13/h7-9,12H,6H2,1-5H3,(H2,15,19)(H,16,17,18)/t12-/m0/s1. The van der Waals surface area contributed by atoms with Crippen molar-refractivity contribution in [3.05, 3.63) is 17.6 Å². The topological polar surface area (TPSA) is 80.9 Å². The average molecular weight is 264 g/mol. The summed E-state index contributed by atoms with van der Waals surface area (Å²) in [6, 6.07) is 1.49. The normalized spacial score (nSPS) is 12.8. The zero-order valence-corrected chi connectivity index (χ0v) is 12.4. The highest BCUT2D eigenvalue weighted by Crippen LogP contribution is 2.17. The Bertz CT molecular complexity index is 443. The fraction of sp³-hybridized carbons (Fsp3) is 0.643. The number of carbonyl (C=O) groups is 1. The minimum absolute atomic E-state index is 0.319. The number of aromatic nitrogens is 2. The molecule has 0 fully saturated rings. The van der Waals surface area contributed by atoms with Crippen LogP contribution < -0.4 is 11.1 Å². The van der Waals surface area contributed by atoms with Gasteiger partial charge in [-0.3, -0.25) is 4.79 Å². The maximum atomic E-state index is 11.5. The smallest absolute Gasteiger partial charge is 0.239 e. The van der Waals surface area contributed by atoms with Crippen LogP contribution in [0.15, 0.2) is 6.07 Å². The number of nitrogens with one attached hydrogen (secondary N) is 1. The molecule has 0 spiro atoms.